The molecule has 0 aliphatic carbocycles. The van der Waals surface area contributed by atoms with E-state index in [9.17, 15) is 14.0 Å². The van der Waals surface area contributed by atoms with E-state index in [1.165, 1.54) is 23.9 Å². The molecule has 0 spiro atoms. The third-order valence-electron chi connectivity index (χ3n) is 4.65. The third kappa shape index (κ3) is 3.42. The maximum absolute atomic E-state index is 13.2. The van der Waals surface area contributed by atoms with Gasteiger partial charge in [-0.05, 0) is 31.7 Å². The van der Waals surface area contributed by atoms with Crippen molar-refractivity contribution in [2.24, 2.45) is 0 Å². The number of amides is 2. The Balaban J connectivity index is 1.75. The lowest BCUT2D eigenvalue weighted by molar-refractivity contribution is -0.145. The number of carbonyl (C=O) groups excluding carboxylic acids is 2. The van der Waals surface area contributed by atoms with Gasteiger partial charge in [0, 0.05) is 26.2 Å². The van der Waals surface area contributed by atoms with Crippen molar-refractivity contribution in [3.63, 3.8) is 0 Å². The lowest BCUT2D eigenvalue weighted by atomic mass is 10.1. The number of hydrogen-bond donors (Lipinski definition) is 0. The van der Waals surface area contributed by atoms with Crippen LogP contribution in [0.15, 0.2) is 24.3 Å². The van der Waals surface area contributed by atoms with Gasteiger partial charge < -0.3 is 14.7 Å². The van der Waals surface area contributed by atoms with E-state index in [4.69, 9.17) is 0 Å². The van der Waals surface area contributed by atoms with Crippen LogP contribution in [0.1, 0.15) is 17.9 Å². The molecule has 5 nitrogen and oxygen atoms in total. The van der Waals surface area contributed by atoms with Gasteiger partial charge in [0.15, 0.2) is 0 Å². The van der Waals surface area contributed by atoms with E-state index >= 15 is 0 Å². The molecule has 0 unspecified atom stereocenters. The Hall–Kier alpha value is -1.60. The van der Waals surface area contributed by atoms with Crippen LogP contribution in [0.4, 0.5) is 4.39 Å². The molecule has 2 atom stereocenters. The summed E-state index contributed by atoms with van der Waals surface area (Å²) in [5.41, 5.74) is 0.852. The van der Waals surface area contributed by atoms with E-state index in [-0.39, 0.29) is 23.0 Å². The number of benzene rings is 1. The first-order valence-corrected chi connectivity index (χ1v) is 9.18. The van der Waals surface area contributed by atoms with Crippen LogP contribution in [-0.4, -0.2) is 71.5 Å². The van der Waals surface area contributed by atoms with Crippen LogP contribution in [0.2, 0.25) is 0 Å². The van der Waals surface area contributed by atoms with Gasteiger partial charge in [0.1, 0.15) is 17.2 Å². The highest BCUT2D eigenvalue weighted by Crippen LogP contribution is 2.40. The lowest BCUT2D eigenvalue weighted by Crippen LogP contribution is -2.54. The molecule has 2 amide bonds. The molecule has 0 N–H and O–H groups in total. The second-order valence-corrected chi connectivity index (χ2v) is 7.39. The molecule has 2 saturated heterocycles. The highest BCUT2D eigenvalue weighted by atomic mass is 32.2. The molecule has 1 aromatic rings. The Morgan fingerprint density at radius 3 is 2.46 bits per heavy atom. The first-order chi connectivity index (χ1) is 11.5. The molecule has 0 radical (unpaired) electrons. The van der Waals surface area contributed by atoms with Crippen LogP contribution < -0.4 is 0 Å². The molecule has 2 aliphatic rings. The second kappa shape index (κ2) is 7.11. The van der Waals surface area contributed by atoms with Crippen molar-refractivity contribution in [3.05, 3.63) is 35.6 Å². The van der Waals surface area contributed by atoms with Gasteiger partial charge in [-0.1, -0.05) is 12.1 Å². The van der Waals surface area contributed by atoms with E-state index < -0.39 is 6.04 Å². The van der Waals surface area contributed by atoms with Gasteiger partial charge in [-0.2, -0.15) is 0 Å². The van der Waals surface area contributed by atoms with Crippen LogP contribution in [0.25, 0.3) is 0 Å². The molecule has 1 aromatic carbocycles. The normalized spacial score (nSPS) is 23.6. The number of thioether (sulfide) groups is 1. The first-order valence-electron chi connectivity index (χ1n) is 8.13. The van der Waals surface area contributed by atoms with Crippen LogP contribution in [-0.2, 0) is 9.59 Å². The maximum Gasteiger partial charge on any atom is 0.245 e. The van der Waals surface area contributed by atoms with Crippen LogP contribution in [0.3, 0.4) is 0 Å². The molecule has 130 valence electrons. The zero-order valence-corrected chi connectivity index (χ0v) is 14.8. The summed E-state index contributed by atoms with van der Waals surface area (Å²) in [7, 11) is 2.04. The monoisotopic (exact) mass is 351 g/mol. The molecule has 7 heteroatoms. The maximum atomic E-state index is 13.2. The predicted molar refractivity (Wildman–Crippen MR) is 92.0 cm³/mol. The SMILES string of the molecule is C[C@@H](C(=O)N1CCN(C)CC1)N1C(=O)CS[C@H]1c1ccc(F)cc1. The summed E-state index contributed by atoms with van der Waals surface area (Å²) < 4.78 is 13.2. The Morgan fingerprint density at radius 2 is 1.83 bits per heavy atom. The summed E-state index contributed by atoms with van der Waals surface area (Å²) in [6.45, 7) is 4.87. The highest BCUT2D eigenvalue weighted by Gasteiger charge is 2.40. The number of likely N-dealkylation sites (N-methyl/N-ethyl adjacent to an activating group) is 1. The lowest BCUT2D eigenvalue weighted by Gasteiger charge is -2.37. The molecular formula is C17H22FN3O2S. The number of hydrogen-bond acceptors (Lipinski definition) is 4. The minimum absolute atomic E-state index is 0.00828. The highest BCUT2D eigenvalue weighted by molar-refractivity contribution is 8.00. The first kappa shape index (κ1) is 17.2. The van der Waals surface area contributed by atoms with Gasteiger partial charge in [-0.15, -0.1) is 11.8 Å². The van der Waals surface area contributed by atoms with Crippen molar-refractivity contribution in [1.29, 1.82) is 0 Å². The van der Waals surface area contributed by atoms with E-state index in [1.807, 2.05) is 11.9 Å². The minimum atomic E-state index is -0.508. The van der Waals surface area contributed by atoms with Gasteiger partial charge in [-0.25, -0.2) is 4.39 Å². The number of nitrogens with zero attached hydrogens (tertiary/aromatic N) is 3. The van der Waals surface area contributed by atoms with E-state index in [1.54, 1.807) is 24.0 Å². The molecular weight excluding hydrogens is 329 g/mol. The average Bonchev–Trinajstić information content (AvgIpc) is 2.96. The van der Waals surface area contributed by atoms with E-state index in [2.05, 4.69) is 4.90 Å². The molecule has 0 saturated carbocycles. The Labute approximate surface area is 145 Å². The zero-order valence-electron chi connectivity index (χ0n) is 13.9. The van der Waals surface area contributed by atoms with Gasteiger partial charge >= 0.3 is 0 Å². The molecule has 2 aliphatic heterocycles. The Morgan fingerprint density at radius 1 is 1.21 bits per heavy atom. The molecule has 2 fully saturated rings. The Kier molecular flexibility index (Phi) is 5.10. The van der Waals surface area contributed by atoms with Crippen LogP contribution in [0, 0.1) is 5.82 Å². The van der Waals surface area contributed by atoms with Gasteiger partial charge in [0.25, 0.3) is 0 Å². The molecule has 3 rings (SSSR count). The van der Waals surface area contributed by atoms with Crippen molar-refractivity contribution in [2.45, 2.75) is 18.3 Å². The summed E-state index contributed by atoms with van der Waals surface area (Å²) in [5, 5.41) is -0.232. The molecule has 0 bridgehead atoms. The van der Waals surface area contributed by atoms with Crippen LogP contribution in [0.5, 0.6) is 0 Å². The molecule has 0 aromatic heterocycles. The molecule has 24 heavy (non-hydrogen) atoms. The smallest absolute Gasteiger partial charge is 0.245 e. The minimum Gasteiger partial charge on any atom is -0.338 e. The summed E-state index contributed by atoms with van der Waals surface area (Å²) in [6, 6.07) is 5.65. The summed E-state index contributed by atoms with van der Waals surface area (Å²) in [4.78, 5) is 30.8. The standard InChI is InChI=1S/C17H22FN3O2S/c1-12(16(23)20-9-7-19(2)8-10-20)21-15(22)11-24-17(21)13-3-5-14(18)6-4-13/h3-6,12,17H,7-11H2,1-2H3/t12-,17-/m0/s1. The van der Waals surface area contributed by atoms with Crippen molar-refractivity contribution in [2.75, 3.05) is 39.0 Å². The van der Waals surface area contributed by atoms with Gasteiger partial charge in [0.2, 0.25) is 11.8 Å². The van der Waals surface area contributed by atoms with Crippen molar-refractivity contribution < 1.29 is 14.0 Å². The second-order valence-electron chi connectivity index (χ2n) is 6.32. The van der Waals surface area contributed by atoms with Gasteiger partial charge in [0.05, 0.1) is 5.75 Å². The largest absolute Gasteiger partial charge is 0.338 e. The van der Waals surface area contributed by atoms with E-state index in [0.717, 1.165) is 18.7 Å². The van der Waals surface area contributed by atoms with E-state index in [0.29, 0.717) is 18.8 Å². The summed E-state index contributed by atoms with van der Waals surface area (Å²) in [5.74, 6) is -0.000814. The fraction of sp³-hybridized carbons (Fsp3) is 0.529. The van der Waals surface area contributed by atoms with Crippen molar-refractivity contribution >= 4 is 23.6 Å². The summed E-state index contributed by atoms with van der Waals surface area (Å²) >= 11 is 1.49. The van der Waals surface area contributed by atoms with Gasteiger partial charge in [-0.3, -0.25) is 9.59 Å². The average molecular weight is 351 g/mol. The quantitative estimate of drug-likeness (QED) is 0.829. The number of carbonyl (C=O) groups is 2. The topological polar surface area (TPSA) is 43.9 Å². The predicted octanol–water partition coefficient (Wildman–Crippen LogP) is 1.56. The van der Waals surface area contributed by atoms with Crippen molar-refractivity contribution in [3.8, 4) is 0 Å². The fourth-order valence-corrected chi connectivity index (χ4v) is 4.41. The number of piperazine rings is 1. The zero-order chi connectivity index (χ0) is 17.3. The Bertz CT molecular complexity index is 617. The third-order valence-corrected chi connectivity index (χ3v) is 5.88. The molecule has 2 heterocycles. The number of rotatable bonds is 3. The fourth-order valence-electron chi connectivity index (χ4n) is 3.15. The van der Waals surface area contributed by atoms with Crippen LogP contribution >= 0.6 is 11.8 Å². The van der Waals surface area contributed by atoms with Crippen molar-refractivity contribution in [1.82, 2.24) is 14.7 Å². The summed E-state index contributed by atoms with van der Waals surface area (Å²) in [6.07, 6.45) is 0. The number of halogens is 1.